The summed E-state index contributed by atoms with van der Waals surface area (Å²) in [7, 11) is -3.97. The van der Waals surface area contributed by atoms with Crippen LogP contribution in [-0.2, 0) is 10.0 Å². The number of halogens is 2. The number of hydrogen-bond donors (Lipinski definition) is 3. The summed E-state index contributed by atoms with van der Waals surface area (Å²) in [5, 5.41) is 2.74. The van der Waals surface area contributed by atoms with E-state index in [1.807, 2.05) is 0 Å². The first-order valence-electron chi connectivity index (χ1n) is 7.83. The van der Waals surface area contributed by atoms with E-state index in [1.54, 1.807) is 0 Å². The van der Waals surface area contributed by atoms with Crippen LogP contribution in [0.25, 0.3) is 0 Å². The molecular weight excluding hydrogens is 425 g/mol. The summed E-state index contributed by atoms with van der Waals surface area (Å²) in [5.74, 6) is -0.510. The molecule has 3 aromatic rings. The van der Waals surface area contributed by atoms with Gasteiger partial charge in [0.15, 0.2) is 0 Å². The topological polar surface area (TPSA) is 108 Å². The van der Waals surface area contributed by atoms with Crippen LogP contribution in [0.2, 0.25) is 10.0 Å². The predicted molar refractivity (Wildman–Crippen MR) is 109 cm³/mol. The quantitative estimate of drug-likeness (QED) is 0.564. The molecule has 0 aliphatic rings. The lowest BCUT2D eigenvalue weighted by Gasteiger charge is -2.10. The predicted octanol–water partition coefficient (Wildman–Crippen LogP) is 3.73. The van der Waals surface area contributed by atoms with Gasteiger partial charge in [-0.3, -0.25) is 14.3 Å². The number of benzene rings is 2. The number of anilines is 2. The van der Waals surface area contributed by atoms with Crippen LogP contribution >= 0.6 is 23.2 Å². The molecule has 0 fully saturated rings. The van der Waals surface area contributed by atoms with E-state index in [4.69, 9.17) is 23.2 Å². The van der Waals surface area contributed by atoms with Crippen LogP contribution in [0.5, 0.6) is 0 Å². The zero-order valence-electron chi connectivity index (χ0n) is 14.1. The smallest absolute Gasteiger partial charge is 0.263 e. The molecule has 0 atom stereocenters. The third-order valence-electron chi connectivity index (χ3n) is 3.65. The third-order valence-corrected chi connectivity index (χ3v) is 5.75. The lowest BCUT2D eigenvalue weighted by Crippen LogP contribution is -2.18. The Morgan fingerprint density at radius 2 is 1.71 bits per heavy atom. The van der Waals surface area contributed by atoms with Gasteiger partial charge in [-0.15, -0.1) is 0 Å². The van der Waals surface area contributed by atoms with Crippen molar-refractivity contribution in [2.75, 3.05) is 10.0 Å². The number of hydrogen-bond acceptors (Lipinski definition) is 4. The number of sulfonamides is 1. The fraction of sp³-hybridized carbons (Fsp3) is 0. The molecule has 0 saturated carbocycles. The van der Waals surface area contributed by atoms with Crippen molar-refractivity contribution < 1.29 is 13.2 Å². The molecule has 1 heterocycles. The SMILES string of the molecule is O=C(Nc1c[nH]ccc1=O)c1ccc(NS(=O)(=O)c2cc(Cl)ccc2Cl)cc1. The zero-order valence-corrected chi connectivity index (χ0v) is 16.4. The average molecular weight is 438 g/mol. The molecule has 0 saturated heterocycles. The number of aromatic nitrogens is 1. The standard InChI is InChI=1S/C18H13Cl2N3O4S/c19-12-3-6-14(20)17(9-12)28(26,27)23-13-4-1-11(2-5-13)18(25)22-15-10-21-8-7-16(15)24/h1-10,23H,(H,21,24)(H,22,25). The highest BCUT2D eigenvalue weighted by Crippen LogP contribution is 2.27. The summed E-state index contributed by atoms with van der Waals surface area (Å²) in [6.07, 6.45) is 2.82. The molecule has 144 valence electrons. The molecule has 1 amide bonds. The van der Waals surface area contributed by atoms with Gasteiger partial charge in [-0.1, -0.05) is 23.2 Å². The molecule has 0 spiro atoms. The van der Waals surface area contributed by atoms with Gasteiger partial charge in [-0.2, -0.15) is 0 Å². The zero-order chi connectivity index (χ0) is 20.3. The molecule has 0 aliphatic carbocycles. The molecule has 2 aromatic carbocycles. The first-order chi connectivity index (χ1) is 13.3. The van der Waals surface area contributed by atoms with E-state index in [0.29, 0.717) is 0 Å². The van der Waals surface area contributed by atoms with Crippen LogP contribution in [0.1, 0.15) is 10.4 Å². The number of amides is 1. The number of aromatic amines is 1. The Hall–Kier alpha value is -2.81. The average Bonchev–Trinajstić information content (AvgIpc) is 2.65. The maximum atomic E-state index is 12.5. The minimum absolute atomic E-state index is 0.0287. The van der Waals surface area contributed by atoms with Crippen LogP contribution < -0.4 is 15.5 Å². The van der Waals surface area contributed by atoms with Gasteiger partial charge in [0.25, 0.3) is 15.9 Å². The Morgan fingerprint density at radius 3 is 2.39 bits per heavy atom. The minimum atomic E-state index is -3.97. The number of H-pyrrole nitrogens is 1. The molecule has 3 rings (SSSR count). The third kappa shape index (κ3) is 4.53. The van der Waals surface area contributed by atoms with Crippen molar-refractivity contribution in [1.29, 1.82) is 0 Å². The molecule has 7 nitrogen and oxygen atoms in total. The van der Waals surface area contributed by atoms with Crippen molar-refractivity contribution in [2.45, 2.75) is 4.90 Å². The maximum Gasteiger partial charge on any atom is 0.263 e. The van der Waals surface area contributed by atoms with Gasteiger partial charge >= 0.3 is 0 Å². The summed E-state index contributed by atoms with van der Waals surface area (Å²) in [6, 6.07) is 11.1. The Labute approximate surface area is 170 Å². The molecule has 1 aromatic heterocycles. The summed E-state index contributed by atoms with van der Waals surface area (Å²) in [5.41, 5.74) is 0.236. The van der Waals surface area contributed by atoms with Crippen LogP contribution in [0.3, 0.4) is 0 Å². The minimum Gasteiger partial charge on any atom is -0.366 e. The second-order valence-corrected chi connectivity index (χ2v) is 8.13. The van der Waals surface area contributed by atoms with E-state index in [9.17, 15) is 18.0 Å². The lowest BCUT2D eigenvalue weighted by atomic mass is 10.2. The largest absolute Gasteiger partial charge is 0.366 e. The summed E-state index contributed by atoms with van der Waals surface area (Å²) < 4.78 is 27.4. The Morgan fingerprint density at radius 1 is 1.00 bits per heavy atom. The summed E-state index contributed by atoms with van der Waals surface area (Å²) >= 11 is 11.8. The molecule has 3 N–H and O–H groups in total. The van der Waals surface area contributed by atoms with Crippen LogP contribution in [0.4, 0.5) is 11.4 Å². The summed E-state index contributed by atoms with van der Waals surface area (Å²) in [6.45, 7) is 0. The number of nitrogens with one attached hydrogen (secondary N) is 3. The van der Waals surface area contributed by atoms with E-state index in [1.165, 1.54) is 60.9 Å². The van der Waals surface area contributed by atoms with E-state index >= 15 is 0 Å². The lowest BCUT2D eigenvalue weighted by molar-refractivity contribution is 0.102. The Kier molecular flexibility index (Phi) is 5.73. The first-order valence-corrected chi connectivity index (χ1v) is 10.1. The van der Waals surface area contributed by atoms with Crippen molar-refractivity contribution in [3.63, 3.8) is 0 Å². The van der Waals surface area contributed by atoms with E-state index < -0.39 is 15.9 Å². The van der Waals surface area contributed by atoms with E-state index in [-0.39, 0.29) is 37.3 Å². The van der Waals surface area contributed by atoms with Crippen LogP contribution in [-0.4, -0.2) is 19.3 Å². The molecule has 28 heavy (non-hydrogen) atoms. The monoisotopic (exact) mass is 437 g/mol. The molecule has 0 aliphatic heterocycles. The molecule has 10 heteroatoms. The molecular formula is C18H13Cl2N3O4S. The van der Waals surface area contributed by atoms with Crippen LogP contribution in [0, 0.1) is 0 Å². The Balaban J connectivity index is 1.77. The fourth-order valence-corrected chi connectivity index (χ4v) is 4.11. The van der Waals surface area contributed by atoms with E-state index in [0.717, 1.165) is 0 Å². The number of carbonyl (C=O) groups excluding carboxylic acids is 1. The number of carbonyl (C=O) groups is 1. The molecule has 0 radical (unpaired) electrons. The van der Waals surface area contributed by atoms with Gasteiger partial charge in [-0.25, -0.2) is 8.42 Å². The second kappa shape index (κ2) is 8.05. The van der Waals surface area contributed by atoms with Gasteiger partial charge in [0, 0.05) is 34.7 Å². The van der Waals surface area contributed by atoms with Crippen molar-refractivity contribution in [1.82, 2.24) is 4.98 Å². The molecule has 0 bridgehead atoms. The van der Waals surface area contributed by atoms with Gasteiger partial charge in [0.2, 0.25) is 5.43 Å². The van der Waals surface area contributed by atoms with Crippen molar-refractivity contribution in [3.8, 4) is 0 Å². The van der Waals surface area contributed by atoms with Crippen molar-refractivity contribution >= 4 is 50.5 Å². The van der Waals surface area contributed by atoms with Gasteiger partial charge in [0.1, 0.15) is 10.6 Å². The van der Waals surface area contributed by atoms with Gasteiger partial charge < -0.3 is 10.3 Å². The maximum absolute atomic E-state index is 12.5. The normalized spacial score (nSPS) is 11.1. The first kappa shape index (κ1) is 19.9. The highest BCUT2D eigenvalue weighted by Gasteiger charge is 2.19. The second-order valence-electron chi connectivity index (χ2n) is 5.63. The van der Waals surface area contributed by atoms with Crippen molar-refractivity contribution in [3.05, 3.63) is 86.8 Å². The number of pyridine rings is 1. The van der Waals surface area contributed by atoms with Crippen LogP contribution in [0.15, 0.2) is 70.6 Å². The number of rotatable bonds is 5. The highest BCUT2D eigenvalue weighted by atomic mass is 35.5. The fourth-order valence-electron chi connectivity index (χ4n) is 2.29. The summed E-state index contributed by atoms with van der Waals surface area (Å²) in [4.78, 5) is 26.4. The van der Waals surface area contributed by atoms with Gasteiger partial charge in [-0.05, 0) is 42.5 Å². The molecule has 0 unspecified atom stereocenters. The van der Waals surface area contributed by atoms with E-state index in [2.05, 4.69) is 15.0 Å². The van der Waals surface area contributed by atoms with Gasteiger partial charge in [0.05, 0.1) is 5.02 Å². The highest BCUT2D eigenvalue weighted by molar-refractivity contribution is 7.92. The Bertz CT molecular complexity index is 1190. The van der Waals surface area contributed by atoms with Crippen molar-refractivity contribution in [2.24, 2.45) is 0 Å².